The fraction of sp³-hybridized carbons (Fsp3) is 0.688. The van der Waals surface area contributed by atoms with E-state index in [1.165, 1.54) is 4.88 Å². The zero-order chi connectivity index (χ0) is 14.8. The van der Waals surface area contributed by atoms with Crippen molar-refractivity contribution < 1.29 is 9.90 Å². The molecule has 3 nitrogen and oxygen atoms in total. The maximum absolute atomic E-state index is 11.7. The van der Waals surface area contributed by atoms with Crippen molar-refractivity contribution in [3.05, 3.63) is 22.4 Å². The van der Waals surface area contributed by atoms with Crippen molar-refractivity contribution in [3.63, 3.8) is 0 Å². The lowest BCUT2D eigenvalue weighted by Crippen LogP contribution is -2.54. The number of carboxylic acids is 1. The molecule has 0 atom stereocenters. The Morgan fingerprint density at radius 1 is 1.45 bits per heavy atom. The summed E-state index contributed by atoms with van der Waals surface area (Å²) in [5.41, 5.74) is -0.454. The third kappa shape index (κ3) is 3.41. The van der Waals surface area contributed by atoms with Crippen molar-refractivity contribution >= 4 is 17.3 Å². The largest absolute Gasteiger partial charge is 0.480 e. The topological polar surface area (TPSA) is 49.3 Å². The van der Waals surface area contributed by atoms with Gasteiger partial charge in [0, 0.05) is 11.4 Å². The molecule has 1 aliphatic carbocycles. The van der Waals surface area contributed by atoms with Crippen LogP contribution < -0.4 is 5.32 Å². The smallest absolute Gasteiger partial charge is 0.323 e. The van der Waals surface area contributed by atoms with Gasteiger partial charge in [0.15, 0.2) is 0 Å². The molecule has 0 saturated heterocycles. The van der Waals surface area contributed by atoms with Crippen LogP contribution in [-0.4, -0.2) is 16.6 Å². The highest BCUT2D eigenvalue weighted by Crippen LogP contribution is 2.41. The van der Waals surface area contributed by atoms with Crippen molar-refractivity contribution in [2.45, 2.75) is 58.5 Å². The molecule has 0 aliphatic heterocycles. The van der Waals surface area contributed by atoms with Crippen LogP contribution in [0.1, 0.15) is 51.3 Å². The standard InChI is InChI=1S/C16H25NO2S/c1-15(2,3)12-6-8-16(9-7-12,14(18)19)17-11-13-5-4-10-20-13/h4-5,10,12,17H,6-9,11H2,1-3H3,(H,18,19). The lowest BCUT2D eigenvalue weighted by Gasteiger charge is -2.42. The monoisotopic (exact) mass is 295 g/mol. The van der Waals surface area contributed by atoms with E-state index in [4.69, 9.17) is 0 Å². The molecule has 2 N–H and O–H groups in total. The summed E-state index contributed by atoms with van der Waals surface area (Å²) in [5.74, 6) is -0.0695. The van der Waals surface area contributed by atoms with Crippen LogP contribution in [0.15, 0.2) is 17.5 Å². The minimum absolute atomic E-state index is 0.276. The number of nitrogens with one attached hydrogen (secondary N) is 1. The van der Waals surface area contributed by atoms with Gasteiger partial charge in [0.2, 0.25) is 0 Å². The van der Waals surface area contributed by atoms with E-state index >= 15 is 0 Å². The SMILES string of the molecule is CC(C)(C)C1CCC(NCc2cccs2)(C(=O)O)CC1. The first-order valence-corrected chi connectivity index (χ1v) is 8.22. The molecule has 112 valence electrons. The Bertz CT molecular complexity index is 440. The molecule has 0 radical (unpaired) electrons. The quantitative estimate of drug-likeness (QED) is 0.885. The first-order chi connectivity index (χ1) is 9.33. The van der Waals surface area contributed by atoms with E-state index in [0.29, 0.717) is 12.5 Å². The molecule has 0 spiro atoms. The Morgan fingerprint density at radius 2 is 2.10 bits per heavy atom. The summed E-state index contributed by atoms with van der Waals surface area (Å²) in [6.07, 6.45) is 3.45. The second kappa shape index (κ2) is 5.86. The van der Waals surface area contributed by atoms with Crippen molar-refractivity contribution in [2.24, 2.45) is 11.3 Å². The molecule has 1 aliphatic rings. The number of rotatable bonds is 4. The zero-order valence-corrected chi connectivity index (χ0v) is 13.4. The third-order valence-corrected chi connectivity index (χ3v) is 5.53. The van der Waals surface area contributed by atoms with E-state index in [1.807, 2.05) is 17.5 Å². The molecule has 1 aromatic rings. The number of hydrogen-bond donors (Lipinski definition) is 2. The Balaban J connectivity index is 2.00. The van der Waals surface area contributed by atoms with Crippen LogP contribution in [0.2, 0.25) is 0 Å². The van der Waals surface area contributed by atoms with Gasteiger partial charge >= 0.3 is 5.97 Å². The predicted octanol–water partition coefficient (Wildman–Crippen LogP) is 3.90. The van der Waals surface area contributed by atoms with Gasteiger partial charge in [-0.25, -0.2) is 0 Å². The van der Waals surface area contributed by atoms with Gasteiger partial charge in [-0.15, -0.1) is 11.3 Å². The summed E-state index contributed by atoms with van der Waals surface area (Å²) in [4.78, 5) is 12.9. The van der Waals surface area contributed by atoms with Gasteiger partial charge in [-0.3, -0.25) is 10.1 Å². The number of aliphatic carboxylic acids is 1. The number of carboxylic acid groups (broad SMARTS) is 1. The first-order valence-electron chi connectivity index (χ1n) is 7.34. The maximum Gasteiger partial charge on any atom is 0.323 e. The molecule has 1 aromatic heterocycles. The number of hydrogen-bond acceptors (Lipinski definition) is 3. The molecule has 1 fully saturated rings. The third-order valence-electron chi connectivity index (χ3n) is 4.65. The van der Waals surface area contributed by atoms with Gasteiger partial charge in [-0.1, -0.05) is 26.8 Å². The van der Waals surface area contributed by atoms with Crippen LogP contribution in [-0.2, 0) is 11.3 Å². The van der Waals surface area contributed by atoms with Crippen LogP contribution in [0.25, 0.3) is 0 Å². The Morgan fingerprint density at radius 3 is 2.55 bits per heavy atom. The van der Waals surface area contributed by atoms with E-state index in [9.17, 15) is 9.90 Å². The van der Waals surface area contributed by atoms with E-state index in [2.05, 4.69) is 26.1 Å². The van der Waals surface area contributed by atoms with E-state index in [0.717, 1.165) is 25.7 Å². The molecular formula is C16H25NO2S. The lowest BCUT2D eigenvalue weighted by molar-refractivity contribution is -0.147. The van der Waals surface area contributed by atoms with Crippen molar-refractivity contribution in [2.75, 3.05) is 0 Å². The molecule has 4 heteroatoms. The molecule has 0 unspecified atom stereocenters. The fourth-order valence-corrected chi connectivity index (χ4v) is 3.76. The number of carbonyl (C=O) groups is 1. The Hall–Kier alpha value is -0.870. The molecule has 0 amide bonds. The summed E-state index contributed by atoms with van der Waals surface area (Å²) < 4.78 is 0. The van der Waals surface area contributed by atoms with Gasteiger partial charge in [0.05, 0.1) is 0 Å². The highest BCUT2D eigenvalue weighted by atomic mass is 32.1. The van der Waals surface area contributed by atoms with Crippen LogP contribution in [0.3, 0.4) is 0 Å². The summed E-state index contributed by atoms with van der Waals surface area (Å²) in [6, 6.07) is 4.06. The van der Waals surface area contributed by atoms with Gasteiger partial charge in [0.25, 0.3) is 0 Å². The summed E-state index contributed by atoms with van der Waals surface area (Å²) in [5, 5.41) is 15.0. The average molecular weight is 295 g/mol. The zero-order valence-electron chi connectivity index (χ0n) is 12.6. The molecule has 20 heavy (non-hydrogen) atoms. The van der Waals surface area contributed by atoms with Crippen molar-refractivity contribution in [1.82, 2.24) is 5.32 Å². The van der Waals surface area contributed by atoms with E-state index in [1.54, 1.807) is 11.3 Å². The molecule has 0 bridgehead atoms. The first kappa shape index (κ1) is 15.5. The maximum atomic E-state index is 11.7. The van der Waals surface area contributed by atoms with Crippen LogP contribution >= 0.6 is 11.3 Å². The fourth-order valence-electron chi connectivity index (χ4n) is 3.11. The Kier molecular flexibility index (Phi) is 4.55. The van der Waals surface area contributed by atoms with Gasteiger partial charge in [-0.2, -0.15) is 0 Å². The summed E-state index contributed by atoms with van der Waals surface area (Å²) >= 11 is 1.67. The Labute approximate surface area is 125 Å². The summed E-state index contributed by atoms with van der Waals surface area (Å²) in [6.45, 7) is 7.42. The molecule has 2 rings (SSSR count). The lowest BCUT2D eigenvalue weighted by atomic mass is 9.67. The second-order valence-corrected chi connectivity index (χ2v) is 7.99. The predicted molar refractivity (Wildman–Crippen MR) is 82.9 cm³/mol. The molecule has 1 saturated carbocycles. The minimum atomic E-state index is -0.730. The van der Waals surface area contributed by atoms with Gasteiger partial charge in [-0.05, 0) is 48.5 Å². The van der Waals surface area contributed by atoms with Crippen molar-refractivity contribution in [1.29, 1.82) is 0 Å². The highest BCUT2D eigenvalue weighted by molar-refractivity contribution is 7.09. The molecular weight excluding hydrogens is 270 g/mol. The van der Waals surface area contributed by atoms with Crippen LogP contribution in [0.5, 0.6) is 0 Å². The number of thiophene rings is 1. The average Bonchev–Trinajstić information content (AvgIpc) is 2.88. The summed E-state index contributed by atoms with van der Waals surface area (Å²) in [7, 11) is 0. The van der Waals surface area contributed by atoms with Crippen LogP contribution in [0, 0.1) is 11.3 Å². The van der Waals surface area contributed by atoms with Gasteiger partial charge in [0.1, 0.15) is 5.54 Å². The molecule has 1 heterocycles. The van der Waals surface area contributed by atoms with Gasteiger partial charge < -0.3 is 5.11 Å². The second-order valence-electron chi connectivity index (χ2n) is 6.96. The van der Waals surface area contributed by atoms with E-state index < -0.39 is 11.5 Å². The molecule has 0 aromatic carbocycles. The highest BCUT2D eigenvalue weighted by Gasteiger charge is 2.43. The van der Waals surface area contributed by atoms with E-state index in [-0.39, 0.29) is 5.41 Å². The minimum Gasteiger partial charge on any atom is -0.480 e. The van der Waals surface area contributed by atoms with Crippen molar-refractivity contribution in [3.8, 4) is 0 Å². The van der Waals surface area contributed by atoms with Crippen LogP contribution in [0.4, 0.5) is 0 Å². The normalized spacial score (nSPS) is 27.4.